The number of rotatable bonds is 3. The topological polar surface area (TPSA) is 0 Å². The summed E-state index contributed by atoms with van der Waals surface area (Å²) in [5.74, 6) is 1.04. The third-order valence-electron chi connectivity index (χ3n) is 3.96. The lowest BCUT2D eigenvalue weighted by Crippen LogP contribution is -2.23. The molecule has 0 amide bonds. The Bertz CT molecular complexity index is 105. The summed E-state index contributed by atoms with van der Waals surface area (Å²) in [5, 5.41) is 0. The molecular formula is C11H22. The van der Waals surface area contributed by atoms with Crippen LogP contribution in [0.25, 0.3) is 0 Å². The van der Waals surface area contributed by atoms with Crippen molar-refractivity contribution >= 4 is 0 Å². The van der Waals surface area contributed by atoms with E-state index >= 15 is 0 Å². The van der Waals surface area contributed by atoms with E-state index in [0.717, 1.165) is 5.92 Å². The van der Waals surface area contributed by atoms with Gasteiger partial charge in [-0.1, -0.05) is 46.5 Å². The van der Waals surface area contributed by atoms with Gasteiger partial charge in [-0.15, -0.1) is 0 Å². The van der Waals surface area contributed by atoms with E-state index in [9.17, 15) is 0 Å². The molecule has 0 unspecified atom stereocenters. The van der Waals surface area contributed by atoms with Crippen molar-refractivity contribution in [3.8, 4) is 0 Å². The fourth-order valence-corrected chi connectivity index (χ4v) is 2.45. The molecule has 0 aromatic heterocycles. The maximum atomic E-state index is 2.48. The lowest BCUT2D eigenvalue weighted by molar-refractivity contribution is 0.172. The van der Waals surface area contributed by atoms with Crippen LogP contribution < -0.4 is 0 Å². The summed E-state index contributed by atoms with van der Waals surface area (Å²) >= 11 is 0. The van der Waals surface area contributed by atoms with Gasteiger partial charge < -0.3 is 0 Å². The monoisotopic (exact) mass is 154 g/mol. The van der Waals surface area contributed by atoms with Crippen molar-refractivity contribution < 1.29 is 0 Å². The molecular weight excluding hydrogens is 132 g/mol. The molecule has 0 aliphatic heterocycles. The summed E-state index contributed by atoms with van der Waals surface area (Å²) < 4.78 is 0. The van der Waals surface area contributed by atoms with Crippen LogP contribution in [-0.4, -0.2) is 0 Å². The van der Waals surface area contributed by atoms with Crippen molar-refractivity contribution in [2.45, 2.75) is 59.3 Å². The van der Waals surface area contributed by atoms with Crippen molar-refractivity contribution in [3.63, 3.8) is 0 Å². The highest BCUT2D eigenvalue weighted by Gasteiger charge is 2.32. The van der Waals surface area contributed by atoms with E-state index in [2.05, 4.69) is 20.8 Å². The lowest BCUT2D eigenvalue weighted by atomic mass is 9.72. The van der Waals surface area contributed by atoms with Crippen LogP contribution in [0.3, 0.4) is 0 Å². The molecule has 0 aromatic rings. The van der Waals surface area contributed by atoms with Crippen LogP contribution in [0.15, 0.2) is 0 Å². The van der Waals surface area contributed by atoms with Gasteiger partial charge in [0.1, 0.15) is 0 Å². The summed E-state index contributed by atoms with van der Waals surface area (Å²) in [5.41, 5.74) is 0.663. The van der Waals surface area contributed by atoms with E-state index in [1.165, 1.54) is 38.5 Å². The van der Waals surface area contributed by atoms with Crippen LogP contribution in [0.5, 0.6) is 0 Å². The van der Waals surface area contributed by atoms with Crippen molar-refractivity contribution in [2.24, 2.45) is 11.3 Å². The van der Waals surface area contributed by atoms with E-state index < -0.39 is 0 Å². The Kier molecular flexibility index (Phi) is 2.98. The first-order valence-corrected chi connectivity index (χ1v) is 5.23. The third-order valence-corrected chi connectivity index (χ3v) is 3.96. The van der Waals surface area contributed by atoms with E-state index in [-0.39, 0.29) is 0 Å². The minimum absolute atomic E-state index is 0.663. The molecule has 1 rings (SSSR count). The first-order valence-electron chi connectivity index (χ1n) is 5.23. The zero-order valence-corrected chi connectivity index (χ0v) is 8.32. The maximum Gasteiger partial charge on any atom is -0.0303 e. The van der Waals surface area contributed by atoms with Crippen LogP contribution >= 0.6 is 0 Å². The van der Waals surface area contributed by atoms with Gasteiger partial charge in [-0.3, -0.25) is 0 Å². The third kappa shape index (κ3) is 1.77. The SMILES string of the molecule is CCC(C)(CC)C1CCCC1. The highest BCUT2D eigenvalue weighted by Crippen LogP contribution is 2.43. The Morgan fingerprint density at radius 3 is 1.91 bits per heavy atom. The Labute approximate surface area is 71.4 Å². The van der Waals surface area contributed by atoms with Gasteiger partial charge >= 0.3 is 0 Å². The smallest absolute Gasteiger partial charge is 0.0303 e. The molecule has 1 aliphatic carbocycles. The predicted molar refractivity (Wildman–Crippen MR) is 50.6 cm³/mol. The second kappa shape index (κ2) is 3.60. The zero-order valence-electron chi connectivity index (χ0n) is 8.32. The molecule has 0 N–H and O–H groups in total. The van der Waals surface area contributed by atoms with Gasteiger partial charge in [0.2, 0.25) is 0 Å². The fourth-order valence-electron chi connectivity index (χ4n) is 2.45. The van der Waals surface area contributed by atoms with E-state index in [4.69, 9.17) is 0 Å². The van der Waals surface area contributed by atoms with E-state index in [1.807, 2.05) is 0 Å². The molecule has 0 heteroatoms. The largest absolute Gasteiger partial charge is 0.0649 e. The molecule has 0 bridgehead atoms. The zero-order chi connectivity index (χ0) is 8.32. The molecule has 66 valence electrons. The van der Waals surface area contributed by atoms with Crippen LogP contribution in [0.1, 0.15) is 59.3 Å². The molecule has 0 heterocycles. The highest BCUT2D eigenvalue weighted by atomic mass is 14.4. The average Bonchev–Trinajstić information content (AvgIpc) is 2.55. The Morgan fingerprint density at radius 2 is 1.55 bits per heavy atom. The summed E-state index contributed by atoms with van der Waals surface area (Å²) in [7, 11) is 0. The first kappa shape index (κ1) is 9.09. The highest BCUT2D eigenvalue weighted by molar-refractivity contribution is 4.83. The van der Waals surface area contributed by atoms with Crippen LogP contribution in [0, 0.1) is 11.3 Å². The minimum Gasteiger partial charge on any atom is -0.0649 e. The lowest BCUT2D eigenvalue weighted by Gasteiger charge is -2.33. The summed E-state index contributed by atoms with van der Waals surface area (Å²) in [6, 6.07) is 0. The number of hydrogen-bond acceptors (Lipinski definition) is 0. The Balaban J connectivity index is 2.52. The molecule has 1 fully saturated rings. The molecule has 11 heavy (non-hydrogen) atoms. The molecule has 1 saturated carbocycles. The van der Waals surface area contributed by atoms with Crippen molar-refractivity contribution in [2.75, 3.05) is 0 Å². The summed E-state index contributed by atoms with van der Waals surface area (Å²) in [6.45, 7) is 7.17. The maximum absolute atomic E-state index is 2.48. The minimum atomic E-state index is 0.663. The second-order valence-corrected chi connectivity index (χ2v) is 4.34. The van der Waals surface area contributed by atoms with E-state index in [0.29, 0.717) is 5.41 Å². The normalized spacial score (nSPS) is 21.0. The van der Waals surface area contributed by atoms with Crippen molar-refractivity contribution in [3.05, 3.63) is 0 Å². The quantitative estimate of drug-likeness (QED) is 0.576. The number of hydrogen-bond donors (Lipinski definition) is 0. The molecule has 0 saturated heterocycles. The molecule has 0 aromatic carbocycles. The van der Waals surface area contributed by atoms with Gasteiger partial charge in [-0.05, 0) is 24.2 Å². The standard InChI is InChI=1S/C11H22/c1-4-11(3,5-2)10-8-6-7-9-10/h10H,4-9H2,1-3H3. The summed E-state index contributed by atoms with van der Waals surface area (Å²) in [6.07, 6.45) is 8.71. The first-order chi connectivity index (χ1) is 5.23. The van der Waals surface area contributed by atoms with Crippen LogP contribution in [0.2, 0.25) is 0 Å². The van der Waals surface area contributed by atoms with Crippen LogP contribution in [0.4, 0.5) is 0 Å². The molecule has 0 spiro atoms. The van der Waals surface area contributed by atoms with Crippen molar-refractivity contribution in [1.29, 1.82) is 0 Å². The molecule has 0 radical (unpaired) electrons. The molecule has 0 atom stereocenters. The van der Waals surface area contributed by atoms with E-state index in [1.54, 1.807) is 0 Å². The van der Waals surface area contributed by atoms with Gasteiger partial charge in [-0.25, -0.2) is 0 Å². The van der Waals surface area contributed by atoms with Crippen LogP contribution in [-0.2, 0) is 0 Å². The van der Waals surface area contributed by atoms with Gasteiger partial charge in [0, 0.05) is 0 Å². The molecule has 0 nitrogen and oxygen atoms in total. The van der Waals surface area contributed by atoms with Gasteiger partial charge in [-0.2, -0.15) is 0 Å². The Hall–Kier alpha value is 0. The van der Waals surface area contributed by atoms with Gasteiger partial charge in [0.15, 0.2) is 0 Å². The van der Waals surface area contributed by atoms with Crippen molar-refractivity contribution in [1.82, 2.24) is 0 Å². The second-order valence-electron chi connectivity index (χ2n) is 4.34. The predicted octanol–water partition coefficient (Wildman–Crippen LogP) is 4.00. The Morgan fingerprint density at radius 1 is 1.09 bits per heavy atom. The fraction of sp³-hybridized carbons (Fsp3) is 1.00. The summed E-state index contributed by atoms with van der Waals surface area (Å²) in [4.78, 5) is 0. The average molecular weight is 154 g/mol. The van der Waals surface area contributed by atoms with Gasteiger partial charge in [0.05, 0.1) is 0 Å². The van der Waals surface area contributed by atoms with Gasteiger partial charge in [0.25, 0.3) is 0 Å². The molecule has 1 aliphatic rings.